The summed E-state index contributed by atoms with van der Waals surface area (Å²) >= 11 is 0. The van der Waals surface area contributed by atoms with Gasteiger partial charge < -0.3 is 10.2 Å². The van der Waals surface area contributed by atoms with Crippen LogP contribution in [-0.2, 0) is 9.59 Å². The highest BCUT2D eigenvalue weighted by Crippen LogP contribution is 2.27. The Morgan fingerprint density at radius 3 is 2.29 bits per heavy atom. The van der Waals surface area contributed by atoms with Crippen molar-refractivity contribution >= 4 is 23.2 Å². The third-order valence-corrected chi connectivity index (χ3v) is 4.57. The first kappa shape index (κ1) is 16.2. The lowest BCUT2D eigenvalue weighted by atomic mass is 10.1. The van der Waals surface area contributed by atoms with Crippen LogP contribution in [0.25, 0.3) is 0 Å². The van der Waals surface area contributed by atoms with Gasteiger partial charge >= 0.3 is 0 Å². The van der Waals surface area contributed by atoms with E-state index in [-0.39, 0.29) is 24.2 Å². The van der Waals surface area contributed by atoms with Crippen molar-refractivity contribution in [2.75, 3.05) is 16.8 Å². The number of aryl methyl sites for hydroxylation is 3. The van der Waals surface area contributed by atoms with Gasteiger partial charge in [0.2, 0.25) is 11.8 Å². The second kappa shape index (κ2) is 6.48. The van der Waals surface area contributed by atoms with Gasteiger partial charge in [0.25, 0.3) is 0 Å². The Morgan fingerprint density at radius 1 is 1.04 bits per heavy atom. The number of anilines is 2. The minimum atomic E-state index is -0.321. The van der Waals surface area contributed by atoms with E-state index in [1.807, 2.05) is 63.2 Å². The third kappa shape index (κ3) is 3.18. The molecule has 1 N–H and O–H groups in total. The van der Waals surface area contributed by atoms with Crippen LogP contribution in [0.2, 0.25) is 0 Å². The molecule has 124 valence electrons. The van der Waals surface area contributed by atoms with Crippen LogP contribution in [0.3, 0.4) is 0 Å². The van der Waals surface area contributed by atoms with Crippen molar-refractivity contribution in [3.05, 3.63) is 59.2 Å². The molecule has 2 amide bonds. The molecule has 24 heavy (non-hydrogen) atoms. The molecule has 2 aromatic carbocycles. The second-order valence-electron chi connectivity index (χ2n) is 6.50. The Labute approximate surface area is 142 Å². The number of benzene rings is 2. The van der Waals surface area contributed by atoms with Gasteiger partial charge in [0, 0.05) is 24.3 Å². The molecule has 4 nitrogen and oxygen atoms in total. The lowest BCUT2D eigenvalue weighted by Crippen LogP contribution is -2.28. The average molecular weight is 322 g/mol. The lowest BCUT2D eigenvalue weighted by Gasteiger charge is -2.17. The first-order valence-electron chi connectivity index (χ1n) is 8.20. The first-order chi connectivity index (χ1) is 11.5. The zero-order valence-electron chi connectivity index (χ0n) is 14.3. The van der Waals surface area contributed by atoms with Gasteiger partial charge in [0.05, 0.1) is 5.92 Å². The highest BCUT2D eigenvalue weighted by molar-refractivity contribution is 6.03. The first-order valence-corrected chi connectivity index (χ1v) is 8.20. The molecule has 1 aliphatic heterocycles. The lowest BCUT2D eigenvalue weighted by molar-refractivity contribution is -0.122. The summed E-state index contributed by atoms with van der Waals surface area (Å²) in [5.74, 6) is -0.409. The van der Waals surface area contributed by atoms with Crippen LogP contribution in [0, 0.1) is 26.7 Å². The summed E-state index contributed by atoms with van der Waals surface area (Å²) in [5, 5.41) is 3.00. The van der Waals surface area contributed by atoms with Crippen molar-refractivity contribution in [1.82, 2.24) is 0 Å². The van der Waals surface area contributed by atoms with Crippen molar-refractivity contribution in [2.24, 2.45) is 5.92 Å². The number of hydrogen-bond acceptors (Lipinski definition) is 2. The van der Waals surface area contributed by atoms with Gasteiger partial charge in [-0.15, -0.1) is 0 Å². The molecule has 0 saturated carbocycles. The molecule has 0 aliphatic carbocycles. The third-order valence-electron chi connectivity index (χ3n) is 4.57. The van der Waals surface area contributed by atoms with Crippen LogP contribution >= 0.6 is 0 Å². The van der Waals surface area contributed by atoms with E-state index in [0.29, 0.717) is 6.54 Å². The largest absolute Gasteiger partial charge is 0.325 e. The number of hydrogen-bond donors (Lipinski definition) is 1. The average Bonchev–Trinajstić information content (AvgIpc) is 2.94. The topological polar surface area (TPSA) is 49.4 Å². The molecule has 1 heterocycles. The Morgan fingerprint density at radius 2 is 1.67 bits per heavy atom. The molecule has 0 spiro atoms. The summed E-state index contributed by atoms with van der Waals surface area (Å²) < 4.78 is 0. The standard InChI is InChI=1S/C20H22N2O2/c1-13-7-9-17(10-8-13)22-12-16(11-18(22)23)20(24)21-19-14(2)5-4-6-15(19)3/h4-10,16H,11-12H2,1-3H3,(H,21,24)/t16-/m1/s1. The number of amides is 2. The van der Waals surface area contributed by atoms with Crippen molar-refractivity contribution in [3.63, 3.8) is 0 Å². The molecule has 1 fully saturated rings. The van der Waals surface area contributed by atoms with E-state index in [1.54, 1.807) is 4.90 Å². The number of carbonyl (C=O) groups is 2. The van der Waals surface area contributed by atoms with E-state index in [0.717, 1.165) is 28.1 Å². The number of carbonyl (C=O) groups excluding carboxylic acids is 2. The van der Waals surface area contributed by atoms with Crippen molar-refractivity contribution in [1.29, 1.82) is 0 Å². The van der Waals surface area contributed by atoms with Crippen LogP contribution in [0.4, 0.5) is 11.4 Å². The molecule has 0 unspecified atom stereocenters. The Hall–Kier alpha value is -2.62. The SMILES string of the molecule is Cc1ccc(N2C[C@H](C(=O)Nc3c(C)cccc3C)CC2=O)cc1. The van der Waals surface area contributed by atoms with Gasteiger partial charge in [-0.25, -0.2) is 0 Å². The Balaban J connectivity index is 1.73. The summed E-state index contributed by atoms with van der Waals surface area (Å²) in [5.41, 5.74) is 4.91. The maximum atomic E-state index is 12.6. The zero-order valence-corrected chi connectivity index (χ0v) is 14.3. The highest BCUT2D eigenvalue weighted by atomic mass is 16.2. The molecule has 3 rings (SSSR count). The fourth-order valence-corrected chi connectivity index (χ4v) is 3.09. The quantitative estimate of drug-likeness (QED) is 0.938. The van der Waals surface area contributed by atoms with Gasteiger partial charge in [-0.1, -0.05) is 35.9 Å². The monoisotopic (exact) mass is 322 g/mol. The van der Waals surface area contributed by atoms with Crippen molar-refractivity contribution < 1.29 is 9.59 Å². The second-order valence-corrected chi connectivity index (χ2v) is 6.50. The van der Waals surface area contributed by atoms with E-state index >= 15 is 0 Å². The number of para-hydroxylation sites is 1. The van der Waals surface area contributed by atoms with Crippen LogP contribution in [0.5, 0.6) is 0 Å². The van der Waals surface area contributed by atoms with Gasteiger partial charge in [0.1, 0.15) is 0 Å². The molecule has 0 radical (unpaired) electrons. The fraction of sp³-hybridized carbons (Fsp3) is 0.300. The summed E-state index contributed by atoms with van der Waals surface area (Å²) in [7, 11) is 0. The number of nitrogens with zero attached hydrogens (tertiary/aromatic N) is 1. The highest BCUT2D eigenvalue weighted by Gasteiger charge is 2.35. The predicted molar refractivity (Wildman–Crippen MR) is 96.2 cm³/mol. The Bertz CT molecular complexity index is 760. The molecule has 0 bridgehead atoms. The summed E-state index contributed by atoms with van der Waals surface area (Å²) in [4.78, 5) is 26.6. The molecule has 0 aromatic heterocycles. The molecular formula is C20H22N2O2. The number of rotatable bonds is 3. The van der Waals surface area contributed by atoms with Crippen LogP contribution in [0.1, 0.15) is 23.1 Å². The van der Waals surface area contributed by atoms with Gasteiger partial charge in [-0.05, 0) is 44.0 Å². The van der Waals surface area contributed by atoms with Gasteiger partial charge in [-0.2, -0.15) is 0 Å². The summed E-state index contributed by atoms with van der Waals surface area (Å²) in [6.07, 6.45) is 0.255. The molecule has 1 atom stereocenters. The molecule has 2 aromatic rings. The van der Waals surface area contributed by atoms with E-state index in [2.05, 4.69) is 5.32 Å². The summed E-state index contributed by atoms with van der Waals surface area (Å²) in [6, 6.07) is 13.7. The van der Waals surface area contributed by atoms with Crippen molar-refractivity contribution in [3.8, 4) is 0 Å². The predicted octanol–water partition coefficient (Wildman–Crippen LogP) is 3.60. The maximum absolute atomic E-state index is 12.6. The molecule has 4 heteroatoms. The number of nitrogens with one attached hydrogen (secondary N) is 1. The van der Waals surface area contributed by atoms with Crippen LogP contribution < -0.4 is 10.2 Å². The van der Waals surface area contributed by atoms with Crippen LogP contribution in [-0.4, -0.2) is 18.4 Å². The Kier molecular flexibility index (Phi) is 4.38. The normalized spacial score (nSPS) is 17.2. The van der Waals surface area contributed by atoms with E-state index in [9.17, 15) is 9.59 Å². The molecule has 1 aliphatic rings. The van der Waals surface area contributed by atoms with Gasteiger partial charge in [0.15, 0.2) is 0 Å². The van der Waals surface area contributed by atoms with Gasteiger partial charge in [-0.3, -0.25) is 9.59 Å². The van der Waals surface area contributed by atoms with E-state index < -0.39 is 0 Å². The smallest absolute Gasteiger partial charge is 0.229 e. The molecular weight excluding hydrogens is 300 g/mol. The zero-order chi connectivity index (χ0) is 17.3. The minimum absolute atomic E-state index is 0.000471. The fourth-order valence-electron chi connectivity index (χ4n) is 3.09. The van der Waals surface area contributed by atoms with Crippen molar-refractivity contribution in [2.45, 2.75) is 27.2 Å². The maximum Gasteiger partial charge on any atom is 0.229 e. The minimum Gasteiger partial charge on any atom is -0.325 e. The summed E-state index contributed by atoms with van der Waals surface area (Å²) in [6.45, 7) is 6.39. The van der Waals surface area contributed by atoms with E-state index in [1.165, 1.54) is 0 Å². The molecule has 1 saturated heterocycles. The van der Waals surface area contributed by atoms with Crippen LogP contribution in [0.15, 0.2) is 42.5 Å². The van der Waals surface area contributed by atoms with E-state index in [4.69, 9.17) is 0 Å².